The number of hydrogen-bond acceptors (Lipinski definition) is 4. The van der Waals surface area contributed by atoms with Gasteiger partial charge in [-0.1, -0.05) is 47.1 Å². The van der Waals surface area contributed by atoms with Crippen LogP contribution in [0.2, 0.25) is 10.0 Å². The summed E-state index contributed by atoms with van der Waals surface area (Å²) in [6.45, 7) is 1.86. The third-order valence-electron chi connectivity index (χ3n) is 3.36. The van der Waals surface area contributed by atoms with Crippen LogP contribution >= 0.6 is 35.0 Å². The van der Waals surface area contributed by atoms with Gasteiger partial charge in [0.2, 0.25) is 5.91 Å². The van der Waals surface area contributed by atoms with E-state index in [1.165, 1.54) is 11.8 Å². The Hall–Kier alpha value is -2.02. The van der Waals surface area contributed by atoms with E-state index < -0.39 is 0 Å². The summed E-state index contributed by atoms with van der Waals surface area (Å²) in [4.78, 5) is 12.2. The summed E-state index contributed by atoms with van der Waals surface area (Å²) < 4.78 is 1.88. The van der Waals surface area contributed by atoms with Crippen LogP contribution in [-0.4, -0.2) is 26.4 Å². The van der Waals surface area contributed by atoms with Crippen LogP contribution in [0.4, 0.5) is 5.69 Å². The number of amides is 1. The minimum absolute atomic E-state index is 0.165. The molecule has 0 aliphatic carbocycles. The van der Waals surface area contributed by atoms with Crippen molar-refractivity contribution in [3.8, 4) is 5.69 Å². The van der Waals surface area contributed by atoms with Gasteiger partial charge in [0.15, 0.2) is 5.16 Å². The number of nitrogens with zero attached hydrogens (tertiary/aromatic N) is 3. The molecule has 0 aliphatic heterocycles. The molecule has 3 aromatic rings. The molecule has 0 atom stereocenters. The van der Waals surface area contributed by atoms with Gasteiger partial charge in [0.05, 0.1) is 16.5 Å². The van der Waals surface area contributed by atoms with Gasteiger partial charge in [-0.05, 0) is 43.3 Å². The minimum Gasteiger partial charge on any atom is -0.324 e. The first kappa shape index (κ1) is 17.8. The van der Waals surface area contributed by atoms with Crippen molar-refractivity contribution in [3.05, 3.63) is 64.4 Å². The largest absolute Gasteiger partial charge is 0.324 e. The zero-order valence-corrected chi connectivity index (χ0v) is 15.6. The molecule has 0 radical (unpaired) electrons. The summed E-state index contributed by atoms with van der Waals surface area (Å²) in [5, 5.41) is 12.8. The number of nitrogens with one attached hydrogen (secondary N) is 1. The molecule has 0 saturated carbocycles. The molecular formula is C17H14Cl2N4OS. The van der Waals surface area contributed by atoms with Crippen molar-refractivity contribution < 1.29 is 4.79 Å². The molecule has 1 amide bonds. The molecule has 5 nitrogen and oxygen atoms in total. The number of aryl methyl sites for hydroxylation is 1. The number of para-hydroxylation sites is 1. The van der Waals surface area contributed by atoms with Crippen molar-refractivity contribution >= 4 is 46.6 Å². The summed E-state index contributed by atoms with van der Waals surface area (Å²) in [5.74, 6) is 0.759. The van der Waals surface area contributed by atoms with Crippen molar-refractivity contribution in [2.24, 2.45) is 0 Å². The van der Waals surface area contributed by atoms with Gasteiger partial charge >= 0.3 is 0 Å². The number of halogens is 2. The topological polar surface area (TPSA) is 59.8 Å². The average Bonchev–Trinajstić information content (AvgIpc) is 2.97. The van der Waals surface area contributed by atoms with Crippen LogP contribution in [0.5, 0.6) is 0 Å². The number of aromatic nitrogens is 3. The maximum Gasteiger partial charge on any atom is 0.234 e. The lowest BCUT2D eigenvalue weighted by Crippen LogP contribution is -2.14. The maximum atomic E-state index is 12.2. The van der Waals surface area contributed by atoms with E-state index in [0.717, 1.165) is 11.5 Å². The maximum absolute atomic E-state index is 12.2. The first-order chi connectivity index (χ1) is 12.0. The number of carbonyl (C=O) groups excluding carboxylic acids is 1. The summed E-state index contributed by atoms with van der Waals surface area (Å²) >= 11 is 13.3. The molecule has 0 aliphatic rings. The quantitative estimate of drug-likeness (QED) is 0.643. The highest BCUT2D eigenvalue weighted by Crippen LogP contribution is 2.24. The van der Waals surface area contributed by atoms with Gasteiger partial charge < -0.3 is 5.32 Å². The van der Waals surface area contributed by atoms with Crippen LogP contribution in [0.3, 0.4) is 0 Å². The van der Waals surface area contributed by atoms with Gasteiger partial charge in [0.1, 0.15) is 5.82 Å². The van der Waals surface area contributed by atoms with Crippen LogP contribution in [0.1, 0.15) is 5.82 Å². The summed E-state index contributed by atoms with van der Waals surface area (Å²) in [5.41, 5.74) is 1.48. The van der Waals surface area contributed by atoms with E-state index in [-0.39, 0.29) is 11.7 Å². The van der Waals surface area contributed by atoms with E-state index in [1.54, 1.807) is 24.3 Å². The van der Waals surface area contributed by atoms with Gasteiger partial charge in [-0.25, -0.2) is 0 Å². The summed E-state index contributed by atoms with van der Waals surface area (Å²) in [7, 11) is 0. The van der Waals surface area contributed by atoms with Crippen LogP contribution in [0.25, 0.3) is 5.69 Å². The first-order valence-electron chi connectivity index (χ1n) is 7.40. The normalized spacial score (nSPS) is 10.7. The molecule has 1 heterocycles. The van der Waals surface area contributed by atoms with E-state index >= 15 is 0 Å². The fourth-order valence-corrected chi connectivity index (χ4v) is 3.31. The van der Waals surface area contributed by atoms with Gasteiger partial charge in [-0.15, -0.1) is 10.2 Å². The van der Waals surface area contributed by atoms with Crippen molar-refractivity contribution in [2.75, 3.05) is 11.1 Å². The smallest absolute Gasteiger partial charge is 0.234 e. The second-order valence-corrected chi connectivity index (χ2v) is 6.94. The number of rotatable bonds is 5. The highest BCUT2D eigenvalue weighted by Gasteiger charge is 2.14. The lowest BCUT2D eigenvalue weighted by atomic mass is 10.3. The average molecular weight is 393 g/mol. The van der Waals surface area contributed by atoms with Crippen molar-refractivity contribution in [1.29, 1.82) is 0 Å². The Morgan fingerprint density at radius 1 is 1.12 bits per heavy atom. The van der Waals surface area contributed by atoms with Crippen molar-refractivity contribution in [3.63, 3.8) is 0 Å². The molecular weight excluding hydrogens is 379 g/mol. The van der Waals surface area contributed by atoms with E-state index in [2.05, 4.69) is 15.5 Å². The molecule has 0 bridgehead atoms. The number of hydrogen-bond donors (Lipinski definition) is 1. The first-order valence-corrected chi connectivity index (χ1v) is 9.14. The monoisotopic (exact) mass is 392 g/mol. The molecule has 2 aromatic carbocycles. The highest BCUT2D eigenvalue weighted by molar-refractivity contribution is 7.99. The van der Waals surface area contributed by atoms with Gasteiger partial charge in [0.25, 0.3) is 0 Å². The van der Waals surface area contributed by atoms with Gasteiger partial charge in [-0.2, -0.15) is 0 Å². The Morgan fingerprint density at radius 3 is 2.56 bits per heavy atom. The number of carbonyl (C=O) groups is 1. The zero-order chi connectivity index (χ0) is 17.8. The third kappa shape index (κ3) is 4.34. The number of thioether (sulfide) groups is 1. The van der Waals surface area contributed by atoms with Crippen LogP contribution in [0, 0.1) is 6.92 Å². The fraction of sp³-hybridized carbons (Fsp3) is 0.118. The Kier molecular flexibility index (Phi) is 5.63. The lowest BCUT2D eigenvalue weighted by Gasteiger charge is -2.09. The minimum atomic E-state index is -0.165. The molecule has 8 heteroatoms. The van der Waals surface area contributed by atoms with Crippen LogP contribution in [-0.2, 0) is 4.79 Å². The fourth-order valence-electron chi connectivity index (χ4n) is 2.20. The Morgan fingerprint density at radius 2 is 1.84 bits per heavy atom. The SMILES string of the molecule is Cc1nnc(SCC(=O)Nc2ccccc2Cl)n1-c1ccc(Cl)cc1. The molecule has 128 valence electrons. The molecule has 1 N–H and O–H groups in total. The Balaban J connectivity index is 1.71. The van der Waals surface area contributed by atoms with E-state index in [0.29, 0.717) is 20.9 Å². The highest BCUT2D eigenvalue weighted by atomic mass is 35.5. The van der Waals surface area contributed by atoms with E-state index in [4.69, 9.17) is 23.2 Å². The third-order valence-corrected chi connectivity index (χ3v) is 4.87. The van der Waals surface area contributed by atoms with Crippen LogP contribution in [0.15, 0.2) is 53.7 Å². The molecule has 0 unspecified atom stereocenters. The van der Waals surface area contributed by atoms with E-state index in [9.17, 15) is 4.79 Å². The van der Waals surface area contributed by atoms with Crippen molar-refractivity contribution in [2.45, 2.75) is 12.1 Å². The molecule has 0 spiro atoms. The van der Waals surface area contributed by atoms with Gasteiger partial charge in [0, 0.05) is 10.7 Å². The summed E-state index contributed by atoms with van der Waals surface area (Å²) in [6.07, 6.45) is 0. The summed E-state index contributed by atoms with van der Waals surface area (Å²) in [6, 6.07) is 14.5. The second-order valence-electron chi connectivity index (χ2n) is 5.16. The van der Waals surface area contributed by atoms with Crippen LogP contribution < -0.4 is 5.32 Å². The molecule has 3 rings (SSSR count). The van der Waals surface area contributed by atoms with Crippen molar-refractivity contribution in [1.82, 2.24) is 14.8 Å². The predicted molar refractivity (Wildman–Crippen MR) is 102 cm³/mol. The molecule has 1 aromatic heterocycles. The molecule has 0 fully saturated rings. The Bertz CT molecular complexity index is 896. The molecule has 25 heavy (non-hydrogen) atoms. The zero-order valence-electron chi connectivity index (χ0n) is 13.2. The number of anilines is 1. The number of benzene rings is 2. The lowest BCUT2D eigenvalue weighted by molar-refractivity contribution is -0.113. The van der Waals surface area contributed by atoms with Gasteiger partial charge in [-0.3, -0.25) is 9.36 Å². The molecule has 0 saturated heterocycles. The van der Waals surface area contributed by atoms with E-state index in [1.807, 2.05) is 35.8 Å². The predicted octanol–water partition coefficient (Wildman–Crippen LogP) is 4.61. The second kappa shape index (κ2) is 7.91. The standard InChI is InChI=1S/C17H14Cl2N4OS/c1-11-21-22-17(23(11)13-8-6-12(18)7-9-13)25-10-16(24)20-15-5-3-2-4-14(15)19/h2-9H,10H2,1H3,(H,20,24). The Labute approximate surface area is 159 Å².